The summed E-state index contributed by atoms with van der Waals surface area (Å²) in [6.07, 6.45) is 3.56. The number of rotatable bonds is 5. The Bertz CT molecular complexity index is 458. The van der Waals surface area contributed by atoms with Gasteiger partial charge < -0.3 is 10.1 Å². The van der Waals surface area contributed by atoms with Gasteiger partial charge in [-0.3, -0.25) is 0 Å². The zero-order chi connectivity index (χ0) is 12.1. The number of nitrogens with zero attached hydrogens (tertiary/aromatic N) is 3. The van der Waals surface area contributed by atoms with E-state index in [1.165, 1.54) is 0 Å². The van der Waals surface area contributed by atoms with Crippen molar-refractivity contribution in [3.63, 3.8) is 0 Å². The van der Waals surface area contributed by atoms with Crippen molar-refractivity contribution in [3.8, 4) is 5.88 Å². The minimum absolute atomic E-state index is 0.108. The number of hydrogen-bond donors (Lipinski definition) is 1. The maximum absolute atomic E-state index is 5.49. The van der Waals surface area contributed by atoms with Crippen LogP contribution in [0.15, 0.2) is 23.8 Å². The molecular weight excluding hydrogens is 236 g/mol. The fraction of sp³-hybridized carbons (Fsp3) is 0.364. The number of nitrogens with one attached hydrogen (secondary N) is 1. The number of hydrogen-bond acceptors (Lipinski definition) is 6. The molecule has 17 heavy (non-hydrogen) atoms. The van der Waals surface area contributed by atoms with Crippen LogP contribution in [-0.2, 0) is 6.54 Å². The molecule has 2 heterocycles. The molecular formula is C11H14N4OS. The van der Waals surface area contributed by atoms with E-state index in [1.807, 2.05) is 19.2 Å². The van der Waals surface area contributed by atoms with Crippen LogP contribution in [0.5, 0.6) is 5.88 Å². The monoisotopic (exact) mass is 250 g/mol. The lowest BCUT2D eigenvalue weighted by Crippen LogP contribution is -2.09. The number of aromatic nitrogens is 3. The second-order valence-corrected chi connectivity index (χ2v) is 4.64. The molecule has 0 aliphatic carbocycles. The van der Waals surface area contributed by atoms with Crippen LogP contribution in [0.4, 0.5) is 5.95 Å². The summed E-state index contributed by atoms with van der Waals surface area (Å²) in [4.78, 5) is 12.5. The van der Waals surface area contributed by atoms with Gasteiger partial charge in [0.05, 0.1) is 12.6 Å². The lowest BCUT2D eigenvalue weighted by atomic mass is 10.5. The minimum Gasteiger partial charge on any atom is -0.475 e. The maximum Gasteiger partial charge on any atom is 0.226 e. The summed E-state index contributed by atoms with van der Waals surface area (Å²) in [5.41, 5.74) is 0. The Hall–Kier alpha value is -1.69. The molecule has 0 saturated carbocycles. The molecule has 1 N–H and O–H groups in total. The second kappa shape index (κ2) is 5.58. The molecule has 0 aliphatic heterocycles. The van der Waals surface area contributed by atoms with E-state index in [0.29, 0.717) is 18.4 Å². The van der Waals surface area contributed by atoms with Crippen molar-refractivity contribution in [3.05, 3.63) is 28.8 Å². The molecule has 2 rings (SSSR count). The van der Waals surface area contributed by atoms with Crippen molar-refractivity contribution in [2.24, 2.45) is 0 Å². The molecule has 0 radical (unpaired) electrons. The molecule has 0 unspecified atom stereocenters. The van der Waals surface area contributed by atoms with Gasteiger partial charge in [0.2, 0.25) is 11.8 Å². The summed E-state index contributed by atoms with van der Waals surface area (Å²) in [5, 5.41) is 6.05. The van der Waals surface area contributed by atoms with Gasteiger partial charge in [0.15, 0.2) is 0 Å². The first-order chi connectivity index (χ1) is 8.24. The fourth-order valence-electron chi connectivity index (χ4n) is 1.23. The zero-order valence-corrected chi connectivity index (χ0v) is 10.6. The second-order valence-electron chi connectivity index (χ2n) is 3.66. The van der Waals surface area contributed by atoms with Crippen molar-refractivity contribution in [2.45, 2.75) is 26.5 Å². The van der Waals surface area contributed by atoms with E-state index >= 15 is 0 Å². The van der Waals surface area contributed by atoms with Gasteiger partial charge in [0, 0.05) is 23.8 Å². The zero-order valence-electron chi connectivity index (χ0n) is 9.75. The molecule has 2 aromatic rings. The van der Waals surface area contributed by atoms with Crippen molar-refractivity contribution < 1.29 is 4.74 Å². The van der Waals surface area contributed by atoms with Gasteiger partial charge in [-0.05, 0) is 13.8 Å². The molecule has 6 heteroatoms. The van der Waals surface area contributed by atoms with E-state index < -0.39 is 0 Å². The molecule has 2 aromatic heterocycles. The van der Waals surface area contributed by atoms with Crippen LogP contribution in [-0.4, -0.2) is 21.1 Å². The lowest BCUT2D eigenvalue weighted by molar-refractivity contribution is 0.232. The first-order valence-electron chi connectivity index (χ1n) is 5.36. The average molecular weight is 250 g/mol. The van der Waals surface area contributed by atoms with Crippen LogP contribution in [0, 0.1) is 0 Å². The lowest BCUT2D eigenvalue weighted by Gasteiger charge is -2.09. The average Bonchev–Trinajstić information content (AvgIpc) is 2.79. The van der Waals surface area contributed by atoms with E-state index in [4.69, 9.17) is 4.74 Å². The van der Waals surface area contributed by atoms with E-state index in [-0.39, 0.29) is 6.10 Å². The molecule has 0 fully saturated rings. The Morgan fingerprint density at radius 3 is 2.94 bits per heavy atom. The van der Waals surface area contributed by atoms with Crippen molar-refractivity contribution >= 4 is 17.3 Å². The Kier molecular flexibility index (Phi) is 3.87. The van der Waals surface area contributed by atoms with Crippen LogP contribution < -0.4 is 10.1 Å². The molecule has 0 atom stereocenters. The normalized spacial score (nSPS) is 10.5. The van der Waals surface area contributed by atoms with Crippen molar-refractivity contribution in [1.82, 2.24) is 15.0 Å². The molecule has 0 amide bonds. The summed E-state index contributed by atoms with van der Waals surface area (Å²) < 4.78 is 5.49. The molecule has 0 bridgehead atoms. The quantitative estimate of drug-likeness (QED) is 0.882. The van der Waals surface area contributed by atoms with Crippen molar-refractivity contribution in [1.29, 1.82) is 0 Å². The Morgan fingerprint density at radius 1 is 1.35 bits per heavy atom. The summed E-state index contributed by atoms with van der Waals surface area (Å²) in [6, 6.07) is 1.74. The Balaban J connectivity index is 1.96. The Labute approximate surface area is 104 Å². The third-order valence-corrected chi connectivity index (χ3v) is 2.65. The molecule has 0 aromatic carbocycles. The summed E-state index contributed by atoms with van der Waals surface area (Å²) in [6.45, 7) is 4.55. The predicted molar refractivity (Wildman–Crippen MR) is 67.2 cm³/mol. The number of anilines is 1. The van der Waals surface area contributed by atoms with Gasteiger partial charge in [-0.2, -0.15) is 4.98 Å². The van der Waals surface area contributed by atoms with Gasteiger partial charge >= 0.3 is 0 Å². The summed E-state index contributed by atoms with van der Waals surface area (Å²) >= 11 is 1.60. The highest BCUT2D eigenvalue weighted by Gasteiger charge is 2.02. The van der Waals surface area contributed by atoms with Crippen LogP contribution in [0.1, 0.15) is 18.9 Å². The fourth-order valence-corrected chi connectivity index (χ4v) is 1.79. The van der Waals surface area contributed by atoms with Gasteiger partial charge in [-0.25, -0.2) is 9.97 Å². The smallest absolute Gasteiger partial charge is 0.226 e. The van der Waals surface area contributed by atoms with E-state index in [0.717, 1.165) is 5.01 Å². The highest BCUT2D eigenvalue weighted by atomic mass is 32.1. The highest BCUT2D eigenvalue weighted by Crippen LogP contribution is 2.11. The topological polar surface area (TPSA) is 59.9 Å². The summed E-state index contributed by atoms with van der Waals surface area (Å²) in [5.74, 6) is 1.13. The standard InChI is InChI=1S/C11H14N4OS/c1-8(2)16-9-3-4-13-11(15-9)14-7-10-12-5-6-17-10/h3-6,8H,7H2,1-2H3,(H,13,14,15). The third kappa shape index (κ3) is 3.67. The molecule has 90 valence electrons. The molecule has 0 spiro atoms. The van der Waals surface area contributed by atoms with Gasteiger partial charge in [0.1, 0.15) is 5.01 Å². The number of ether oxygens (including phenoxy) is 1. The van der Waals surface area contributed by atoms with E-state index in [1.54, 1.807) is 29.8 Å². The number of thiazole rings is 1. The van der Waals surface area contributed by atoms with E-state index in [2.05, 4.69) is 20.3 Å². The van der Waals surface area contributed by atoms with Gasteiger partial charge in [-0.1, -0.05) is 0 Å². The minimum atomic E-state index is 0.108. The predicted octanol–water partition coefficient (Wildman–Crippen LogP) is 2.33. The van der Waals surface area contributed by atoms with Crippen molar-refractivity contribution in [2.75, 3.05) is 5.32 Å². The van der Waals surface area contributed by atoms with E-state index in [9.17, 15) is 0 Å². The molecule has 5 nitrogen and oxygen atoms in total. The first-order valence-corrected chi connectivity index (χ1v) is 6.24. The highest BCUT2D eigenvalue weighted by molar-refractivity contribution is 7.09. The van der Waals surface area contributed by atoms with Gasteiger partial charge in [0.25, 0.3) is 0 Å². The third-order valence-electron chi connectivity index (χ3n) is 1.87. The van der Waals surface area contributed by atoms with Crippen LogP contribution >= 0.6 is 11.3 Å². The largest absolute Gasteiger partial charge is 0.475 e. The van der Waals surface area contributed by atoms with Gasteiger partial charge in [-0.15, -0.1) is 11.3 Å². The summed E-state index contributed by atoms with van der Waals surface area (Å²) in [7, 11) is 0. The SMILES string of the molecule is CC(C)Oc1ccnc(NCc2nccs2)n1. The molecule has 0 saturated heterocycles. The molecule has 0 aliphatic rings. The van der Waals surface area contributed by atoms with Crippen LogP contribution in [0.2, 0.25) is 0 Å². The van der Waals surface area contributed by atoms with Crippen LogP contribution in [0.25, 0.3) is 0 Å². The first kappa shape index (κ1) is 11.8. The Morgan fingerprint density at radius 2 is 2.24 bits per heavy atom. The maximum atomic E-state index is 5.49. The van der Waals surface area contributed by atoms with Crippen LogP contribution in [0.3, 0.4) is 0 Å².